The Morgan fingerprint density at radius 1 is 1.21 bits per heavy atom. The molecule has 0 bridgehead atoms. The highest BCUT2D eigenvalue weighted by molar-refractivity contribution is 6.30. The molecule has 6 heteroatoms. The lowest BCUT2D eigenvalue weighted by atomic mass is 10.0. The Bertz CT molecular complexity index is 1010. The Morgan fingerprint density at radius 2 is 2.00 bits per heavy atom. The molecule has 2 heterocycles. The van der Waals surface area contributed by atoms with Crippen molar-refractivity contribution in [1.82, 2.24) is 10.1 Å². The van der Waals surface area contributed by atoms with E-state index in [1.54, 1.807) is 4.90 Å². The molecular formula is C22H21ClN2O3. The highest BCUT2D eigenvalue weighted by atomic mass is 35.5. The minimum atomic E-state index is -0.0540. The van der Waals surface area contributed by atoms with Crippen LogP contribution in [0.25, 0.3) is 11.3 Å². The molecule has 2 aromatic carbocycles. The molecule has 0 N–H and O–H groups in total. The molecule has 4 rings (SSSR count). The average Bonchev–Trinajstić information content (AvgIpc) is 3.11. The summed E-state index contributed by atoms with van der Waals surface area (Å²) in [5.74, 6) is 1.44. The minimum absolute atomic E-state index is 0.0150. The van der Waals surface area contributed by atoms with Crippen LogP contribution >= 0.6 is 11.6 Å². The van der Waals surface area contributed by atoms with E-state index in [4.69, 9.17) is 20.9 Å². The van der Waals surface area contributed by atoms with Crippen molar-refractivity contribution in [2.24, 2.45) is 0 Å². The first kappa shape index (κ1) is 18.6. The fraction of sp³-hybridized carbons (Fsp3) is 0.273. The normalized spacial score (nSPS) is 13.3. The number of carbonyl (C=O) groups excluding carboxylic acids is 1. The van der Waals surface area contributed by atoms with Gasteiger partial charge in [-0.05, 0) is 56.2 Å². The zero-order valence-electron chi connectivity index (χ0n) is 15.9. The lowest BCUT2D eigenvalue weighted by molar-refractivity contribution is -0.134. The average molecular weight is 397 g/mol. The number of fused-ring (bicyclic) bond motifs is 1. The van der Waals surface area contributed by atoms with E-state index in [9.17, 15) is 4.79 Å². The fourth-order valence-corrected chi connectivity index (χ4v) is 3.59. The number of hydrogen-bond acceptors (Lipinski definition) is 4. The third-order valence-corrected chi connectivity index (χ3v) is 5.23. The first-order chi connectivity index (χ1) is 13.5. The summed E-state index contributed by atoms with van der Waals surface area (Å²) in [6.07, 6.45) is 0.700. The number of carbonyl (C=O) groups is 1. The van der Waals surface area contributed by atoms with Gasteiger partial charge in [0.15, 0.2) is 12.4 Å². The van der Waals surface area contributed by atoms with Crippen LogP contribution in [0.3, 0.4) is 0 Å². The van der Waals surface area contributed by atoms with E-state index in [1.165, 1.54) is 5.56 Å². The van der Waals surface area contributed by atoms with Gasteiger partial charge >= 0.3 is 0 Å². The molecule has 1 amide bonds. The van der Waals surface area contributed by atoms with Crippen molar-refractivity contribution in [1.29, 1.82) is 0 Å². The van der Waals surface area contributed by atoms with Gasteiger partial charge in [0.05, 0.1) is 6.54 Å². The second kappa shape index (κ2) is 7.68. The molecule has 0 fully saturated rings. The van der Waals surface area contributed by atoms with Crippen molar-refractivity contribution in [3.63, 3.8) is 0 Å². The first-order valence-electron chi connectivity index (χ1n) is 9.22. The Labute approximate surface area is 168 Å². The van der Waals surface area contributed by atoms with E-state index < -0.39 is 0 Å². The molecule has 0 atom stereocenters. The summed E-state index contributed by atoms with van der Waals surface area (Å²) in [5, 5.41) is 4.87. The smallest absolute Gasteiger partial charge is 0.260 e. The standard InChI is InChI=1S/C22H21ClN2O3/c1-14-3-8-20(15(2)11-14)27-13-21(26)25-10-9-18-19(12-25)24-28-22(18)16-4-6-17(23)7-5-16/h3-8,11H,9-10,12-13H2,1-2H3. The first-order valence-corrected chi connectivity index (χ1v) is 9.60. The van der Waals surface area contributed by atoms with Gasteiger partial charge in [-0.2, -0.15) is 0 Å². The van der Waals surface area contributed by atoms with Crippen LogP contribution in [-0.4, -0.2) is 29.1 Å². The number of amides is 1. The summed E-state index contributed by atoms with van der Waals surface area (Å²) in [7, 11) is 0. The summed E-state index contributed by atoms with van der Waals surface area (Å²) in [5.41, 5.74) is 4.99. The quantitative estimate of drug-likeness (QED) is 0.648. The third-order valence-electron chi connectivity index (χ3n) is 4.98. The van der Waals surface area contributed by atoms with Crippen molar-refractivity contribution < 1.29 is 14.1 Å². The van der Waals surface area contributed by atoms with Crippen molar-refractivity contribution in [3.05, 3.63) is 69.9 Å². The zero-order chi connectivity index (χ0) is 19.7. The van der Waals surface area contributed by atoms with Gasteiger partial charge in [0.1, 0.15) is 11.4 Å². The maximum absolute atomic E-state index is 12.6. The number of rotatable bonds is 4. The van der Waals surface area contributed by atoms with Crippen LogP contribution in [0, 0.1) is 13.8 Å². The lowest BCUT2D eigenvalue weighted by Crippen LogP contribution is -2.38. The van der Waals surface area contributed by atoms with E-state index in [0.29, 0.717) is 24.5 Å². The molecule has 1 aliphatic heterocycles. The molecule has 144 valence electrons. The van der Waals surface area contributed by atoms with Gasteiger partial charge in [0.2, 0.25) is 0 Å². The molecule has 0 saturated heterocycles. The van der Waals surface area contributed by atoms with Gasteiger partial charge in [0, 0.05) is 22.7 Å². The summed E-state index contributed by atoms with van der Waals surface area (Å²) < 4.78 is 11.3. The summed E-state index contributed by atoms with van der Waals surface area (Å²) >= 11 is 5.96. The topological polar surface area (TPSA) is 55.6 Å². The van der Waals surface area contributed by atoms with Crippen molar-refractivity contribution >= 4 is 17.5 Å². The van der Waals surface area contributed by atoms with E-state index in [1.807, 2.05) is 56.3 Å². The molecule has 0 aliphatic carbocycles. The summed E-state index contributed by atoms with van der Waals surface area (Å²) in [6, 6.07) is 13.4. The van der Waals surface area contributed by atoms with Gasteiger partial charge in [-0.25, -0.2) is 0 Å². The lowest BCUT2D eigenvalue weighted by Gasteiger charge is -2.26. The molecule has 28 heavy (non-hydrogen) atoms. The number of aryl methyl sites for hydroxylation is 2. The maximum atomic E-state index is 12.6. The number of benzene rings is 2. The van der Waals surface area contributed by atoms with Crippen LogP contribution in [0.2, 0.25) is 5.02 Å². The van der Waals surface area contributed by atoms with Gasteiger partial charge < -0.3 is 14.2 Å². The second-order valence-electron chi connectivity index (χ2n) is 7.07. The van der Waals surface area contributed by atoms with Gasteiger partial charge in [-0.3, -0.25) is 4.79 Å². The Hall–Kier alpha value is -2.79. The molecule has 0 saturated carbocycles. The van der Waals surface area contributed by atoms with Crippen molar-refractivity contribution in [3.8, 4) is 17.1 Å². The zero-order valence-corrected chi connectivity index (χ0v) is 16.6. The molecule has 5 nitrogen and oxygen atoms in total. The molecule has 3 aromatic rings. The fourth-order valence-electron chi connectivity index (χ4n) is 3.46. The largest absolute Gasteiger partial charge is 0.484 e. The minimum Gasteiger partial charge on any atom is -0.484 e. The summed E-state index contributed by atoms with van der Waals surface area (Å²) in [4.78, 5) is 14.4. The Balaban J connectivity index is 1.42. The van der Waals surface area contributed by atoms with E-state index in [0.717, 1.165) is 33.9 Å². The monoisotopic (exact) mass is 396 g/mol. The third kappa shape index (κ3) is 3.76. The van der Waals surface area contributed by atoms with Crippen LogP contribution in [0.1, 0.15) is 22.4 Å². The van der Waals surface area contributed by atoms with E-state index in [-0.39, 0.29) is 12.5 Å². The highest BCUT2D eigenvalue weighted by Crippen LogP contribution is 2.31. The van der Waals surface area contributed by atoms with Gasteiger partial charge in [-0.1, -0.05) is 34.5 Å². The van der Waals surface area contributed by atoms with Crippen LogP contribution in [0.4, 0.5) is 0 Å². The Morgan fingerprint density at radius 3 is 2.75 bits per heavy atom. The SMILES string of the molecule is Cc1ccc(OCC(=O)N2CCc3c(noc3-c3ccc(Cl)cc3)C2)c(C)c1. The van der Waals surface area contributed by atoms with Gasteiger partial charge in [-0.15, -0.1) is 0 Å². The number of nitrogens with zero attached hydrogens (tertiary/aromatic N) is 2. The number of halogens is 1. The molecule has 0 spiro atoms. The predicted octanol–water partition coefficient (Wildman–Crippen LogP) is 4.58. The van der Waals surface area contributed by atoms with Crippen LogP contribution in [-0.2, 0) is 17.8 Å². The molecule has 0 unspecified atom stereocenters. The molecule has 1 aromatic heterocycles. The number of ether oxygens (including phenoxy) is 1. The van der Waals surface area contributed by atoms with Crippen molar-refractivity contribution in [2.75, 3.05) is 13.2 Å². The maximum Gasteiger partial charge on any atom is 0.260 e. The molecule has 1 aliphatic rings. The van der Waals surface area contributed by atoms with Crippen LogP contribution in [0.15, 0.2) is 47.0 Å². The van der Waals surface area contributed by atoms with E-state index in [2.05, 4.69) is 5.16 Å². The number of hydrogen-bond donors (Lipinski definition) is 0. The number of aromatic nitrogens is 1. The van der Waals surface area contributed by atoms with Crippen LogP contribution in [0.5, 0.6) is 5.75 Å². The molecule has 0 radical (unpaired) electrons. The van der Waals surface area contributed by atoms with Crippen LogP contribution < -0.4 is 4.74 Å². The van der Waals surface area contributed by atoms with Crippen molar-refractivity contribution in [2.45, 2.75) is 26.8 Å². The summed E-state index contributed by atoms with van der Waals surface area (Å²) in [6.45, 7) is 5.07. The molecular weight excluding hydrogens is 376 g/mol. The highest BCUT2D eigenvalue weighted by Gasteiger charge is 2.27. The Kier molecular flexibility index (Phi) is 5.09. The van der Waals surface area contributed by atoms with Gasteiger partial charge in [0.25, 0.3) is 5.91 Å². The van der Waals surface area contributed by atoms with E-state index >= 15 is 0 Å². The predicted molar refractivity (Wildman–Crippen MR) is 107 cm³/mol. The second-order valence-corrected chi connectivity index (χ2v) is 7.50.